The second-order valence-electron chi connectivity index (χ2n) is 3.71. The van der Waals surface area contributed by atoms with E-state index in [0.717, 1.165) is 6.42 Å². The van der Waals surface area contributed by atoms with Crippen molar-refractivity contribution in [2.75, 3.05) is 5.73 Å². The van der Waals surface area contributed by atoms with Crippen molar-refractivity contribution in [2.45, 2.75) is 20.0 Å². The van der Waals surface area contributed by atoms with Gasteiger partial charge in [-0.25, -0.2) is 0 Å². The summed E-state index contributed by atoms with van der Waals surface area (Å²) in [6.07, 6.45) is 0.955. The van der Waals surface area contributed by atoms with Gasteiger partial charge in [0.15, 0.2) is 6.61 Å². The molecule has 1 aromatic heterocycles. The van der Waals surface area contributed by atoms with Crippen LogP contribution in [0.5, 0.6) is 5.75 Å². The summed E-state index contributed by atoms with van der Waals surface area (Å²) < 4.78 is 5.53. The Hall–Kier alpha value is -2.11. The molecule has 6 heteroatoms. The Balaban J connectivity index is 2.04. The number of rotatable bonds is 4. The Morgan fingerprint density at radius 2 is 2.24 bits per heavy atom. The molecule has 17 heavy (non-hydrogen) atoms. The molecule has 0 spiro atoms. The van der Waals surface area contributed by atoms with Crippen molar-refractivity contribution in [3.05, 3.63) is 29.6 Å². The number of tetrazole rings is 1. The quantitative estimate of drug-likeness (QED) is 0.795. The molecule has 1 heterocycles. The fourth-order valence-electron chi connectivity index (χ4n) is 1.47. The molecule has 0 fully saturated rings. The normalized spacial score (nSPS) is 10.5. The number of benzene rings is 1. The van der Waals surface area contributed by atoms with Gasteiger partial charge >= 0.3 is 0 Å². The van der Waals surface area contributed by atoms with Crippen LogP contribution in [0, 0.1) is 0 Å². The highest BCUT2D eigenvalue weighted by Crippen LogP contribution is 2.23. The molecular formula is C11H15N5O. The van der Waals surface area contributed by atoms with Crippen LogP contribution in [0.1, 0.15) is 18.3 Å². The minimum Gasteiger partial charge on any atom is -0.483 e. The Bertz CT molecular complexity index is 508. The van der Waals surface area contributed by atoms with Gasteiger partial charge in [-0.05, 0) is 29.3 Å². The standard InChI is InChI=1S/C11H15N5O/c1-3-8-4-5-10(9(12)6-8)17-7-11-13-15-16(2)14-11/h4-6H,3,7,12H2,1-2H3. The number of aryl methyl sites for hydroxylation is 2. The first-order chi connectivity index (χ1) is 8.19. The van der Waals surface area contributed by atoms with Crippen molar-refractivity contribution in [3.63, 3.8) is 0 Å². The first kappa shape index (κ1) is 11.4. The van der Waals surface area contributed by atoms with E-state index in [0.29, 0.717) is 17.3 Å². The molecule has 0 saturated carbocycles. The van der Waals surface area contributed by atoms with E-state index < -0.39 is 0 Å². The molecule has 0 radical (unpaired) electrons. The van der Waals surface area contributed by atoms with Crippen molar-refractivity contribution in [2.24, 2.45) is 7.05 Å². The summed E-state index contributed by atoms with van der Waals surface area (Å²) in [4.78, 5) is 1.39. The van der Waals surface area contributed by atoms with Crippen LogP contribution >= 0.6 is 0 Å². The fraction of sp³-hybridized carbons (Fsp3) is 0.364. The van der Waals surface area contributed by atoms with Gasteiger partial charge in [0.1, 0.15) is 5.75 Å². The van der Waals surface area contributed by atoms with Gasteiger partial charge in [0, 0.05) is 0 Å². The van der Waals surface area contributed by atoms with Crippen molar-refractivity contribution >= 4 is 5.69 Å². The lowest BCUT2D eigenvalue weighted by atomic mass is 10.1. The number of ether oxygens (including phenoxy) is 1. The van der Waals surface area contributed by atoms with Gasteiger partial charge in [0.25, 0.3) is 0 Å². The number of nitrogens with two attached hydrogens (primary N) is 1. The van der Waals surface area contributed by atoms with E-state index in [1.807, 2.05) is 18.2 Å². The largest absolute Gasteiger partial charge is 0.483 e. The van der Waals surface area contributed by atoms with Crippen LogP contribution in [0.2, 0.25) is 0 Å². The summed E-state index contributed by atoms with van der Waals surface area (Å²) in [6, 6.07) is 5.78. The minimum atomic E-state index is 0.267. The van der Waals surface area contributed by atoms with Crippen molar-refractivity contribution in [3.8, 4) is 5.75 Å². The molecule has 0 bridgehead atoms. The molecule has 0 amide bonds. The van der Waals surface area contributed by atoms with Gasteiger partial charge in [0.05, 0.1) is 12.7 Å². The third kappa shape index (κ3) is 2.72. The highest BCUT2D eigenvalue weighted by Gasteiger charge is 2.05. The second-order valence-corrected chi connectivity index (χ2v) is 3.71. The average Bonchev–Trinajstić information content (AvgIpc) is 2.73. The Labute approximate surface area is 99.4 Å². The van der Waals surface area contributed by atoms with Crippen LogP contribution in [0.3, 0.4) is 0 Å². The zero-order valence-electron chi connectivity index (χ0n) is 9.92. The third-order valence-electron chi connectivity index (χ3n) is 2.39. The molecule has 0 aliphatic carbocycles. The van der Waals surface area contributed by atoms with E-state index in [4.69, 9.17) is 10.5 Å². The maximum absolute atomic E-state index is 5.88. The molecule has 0 aliphatic heterocycles. The molecular weight excluding hydrogens is 218 g/mol. The molecule has 2 rings (SSSR count). The average molecular weight is 233 g/mol. The smallest absolute Gasteiger partial charge is 0.212 e. The van der Waals surface area contributed by atoms with Gasteiger partial charge in [-0.2, -0.15) is 4.80 Å². The van der Waals surface area contributed by atoms with E-state index in [9.17, 15) is 0 Å². The van der Waals surface area contributed by atoms with Gasteiger partial charge < -0.3 is 10.5 Å². The number of nitrogens with zero attached hydrogens (tertiary/aromatic N) is 4. The van der Waals surface area contributed by atoms with E-state index in [1.54, 1.807) is 7.05 Å². The molecule has 2 aromatic rings. The molecule has 6 nitrogen and oxygen atoms in total. The zero-order chi connectivity index (χ0) is 12.3. The molecule has 0 saturated heterocycles. The third-order valence-corrected chi connectivity index (χ3v) is 2.39. The van der Waals surface area contributed by atoms with Crippen LogP contribution < -0.4 is 10.5 Å². The fourth-order valence-corrected chi connectivity index (χ4v) is 1.47. The van der Waals surface area contributed by atoms with E-state index in [1.165, 1.54) is 10.4 Å². The molecule has 0 unspecified atom stereocenters. The van der Waals surface area contributed by atoms with E-state index >= 15 is 0 Å². The van der Waals surface area contributed by atoms with Crippen LogP contribution in [0.4, 0.5) is 5.69 Å². The predicted molar refractivity (Wildman–Crippen MR) is 63.4 cm³/mol. The second kappa shape index (κ2) is 4.82. The SMILES string of the molecule is CCc1ccc(OCc2nnn(C)n2)c(N)c1. The number of aromatic nitrogens is 4. The predicted octanol–water partition coefficient (Wildman–Crippen LogP) is 0.934. The first-order valence-corrected chi connectivity index (χ1v) is 5.43. The van der Waals surface area contributed by atoms with Crippen molar-refractivity contribution in [1.29, 1.82) is 0 Å². The molecule has 0 aliphatic rings. The monoisotopic (exact) mass is 233 g/mol. The van der Waals surface area contributed by atoms with Crippen LogP contribution in [0.25, 0.3) is 0 Å². The first-order valence-electron chi connectivity index (χ1n) is 5.43. The number of anilines is 1. The number of nitrogen functional groups attached to an aromatic ring is 1. The molecule has 2 N–H and O–H groups in total. The topological polar surface area (TPSA) is 78.9 Å². The van der Waals surface area contributed by atoms with E-state index in [-0.39, 0.29) is 6.61 Å². The van der Waals surface area contributed by atoms with E-state index in [2.05, 4.69) is 22.3 Å². The Kier molecular flexibility index (Phi) is 3.22. The summed E-state index contributed by atoms with van der Waals surface area (Å²) in [6.45, 7) is 2.35. The number of hydrogen-bond donors (Lipinski definition) is 1. The lowest BCUT2D eigenvalue weighted by Crippen LogP contribution is -2.01. The van der Waals surface area contributed by atoms with Crippen LogP contribution in [-0.4, -0.2) is 20.2 Å². The number of hydrogen-bond acceptors (Lipinski definition) is 5. The van der Waals surface area contributed by atoms with Gasteiger partial charge in [-0.3, -0.25) is 0 Å². The summed E-state index contributed by atoms with van der Waals surface area (Å²) >= 11 is 0. The molecule has 1 aromatic carbocycles. The Morgan fingerprint density at radius 1 is 1.41 bits per heavy atom. The van der Waals surface area contributed by atoms with Crippen LogP contribution in [0.15, 0.2) is 18.2 Å². The lowest BCUT2D eigenvalue weighted by molar-refractivity contribution is 0.297. The highest BCUT2D eigenvalue weighted by atomic mass is 16.5. The van der Waals surface area contributed by atoms with Gasteiger partial charge in [-0.15, -0.1) is 10.2 Å². The zero-order valence-corrected chi connectivity index (χ0v) is 9.92. The summed E-state index contributed by atoms with van der Waals surface area (Å²) in [5, 5.41) is 11.6. The maximum Gasteiger partial charge on any atom is 0.212 e. The van der Waals surface area contributed by atoms with Crippen molar-refractivity contribution < 1.29 is 4.74 Å². The summed E-state index contributed by atoms with van der Waals surface area (Å²) in [5.41, 5.74) is 7.70. The van der Waals surface area contributed by atoms with Crippen LogP contribution in [-0.2, 0) is 20.1 Å². The molecule has 90 valence electrons. The molecule has 0 atom stereocenters. The highest BCUT2D eigenvalue weighted by molar-refractivity contribution is 5.54. The van der Waals surface area contributed by atoms with Gasteiger partial charge in [0.2, 0.25) is 5.82 Å². The van der Waals surface area contributed by atoms with Gasteiger partial charge in [-0.1, -0.05) is 13.0 Å². The minimum absolute atomic E-state index is 0.267. The lowest BCUT2D eigenvalue weighted by Gasteiger charge is -2.08. The Morgan fingerprint density at radius 3 is 2.82 bits per heavy atom. The maximum atomic E-state index is 5.88. The summed E-state index contributed by atoms with van der Waals surface area (Å²) in [5.74, 6) is 1.18. The summed E-state index contributed by atoms with van der Waals surface area (Å²) in [7, 11) is 1.71. The van der Waals surface area contributed by atoms with Crippen molar-refractivity contribution in [1.82, 2.24) is 20.2 Å².